The molecule has 0 unspecified atom stereocenters. The molecule has 1 aliphatic carbocycles. The van der Waals surface area contributed by atoms with Crippen LogP contribution in [0.4, 0.5) is 10.5 Å². The molecule has 1 saturated carbocycles. The fraction of sp³-hybridized carbons (Fsp3) is 0.429. The molecule has 0 heterocycles. The predicted molar refractivity (Wildman–Crippen MR) is 79.8 cm³/mol. The summed E-state index contributed by atoms with van der Waals surface area (Å²) in [6.07, 6.45) is 2.30. The molecule has 0 radical (unpaired) electrons. The van der Waals surface area contributed by atoms with Gasteiger partial charge < -0.3 is 25.9 Å². The Morgan fingerprint density at radius 1 is 1.52 bits per heavy atom. The van der Waals surface area contributed by atoms with E-state index in [1.54, 1.807) is 24.1 Å². The summed E-state index contributed by atoms with van der Waals surface area (Å²) in [5.41, 5.74) is 6.09. The number of methoxy groups -OCH3 is 1. The molecule has 7 nitrogen and oxygen atoms in total. The largest absolute Gasteiger partial charge is 0.495 e. The molecule has 0 aromatic heterocycles. The van der Waals surface area contributed by atoms with Crippen LogP contribution in [-0.2, 0) is 0 Å². The van der Waals surface area contributed by atoms with Gasteiger partial charge in [-0.1, -0.05) is 17.3 Å². The summed E-state index contributed by atoms with van der Waals surface area (Å²) in [4.78, 5) is 14.1. The summed E-state index contributed by atoms with van der Waals surface area (Å²) in [5, 5.41) is 14.3. The maximum absolute atomic E-state index is 12.4. The molecule has 1 aliphatic rings. The van der Waals surface area contributed by atoms with Gasteiger partial charge in [0.05, 0.1) is 12.8 Å². The summed E-state index contributed by atoms with van der Waals surface area (Å²) in [6.45, 7) is 0.418. The number of amides is 2. The first-order valence-electron chi connectivity index (χ1n) is 6.82. The molecule has 2 amide bonds. The number of ether oxygens (including phenoxy) is 1. The fourth-order valence-corrected chi connectivity index (χ4v) is 2.06. The van der Waals surface area contributed by atoms with Crippen LogP contribution in [0.1, 0.15) is 19.3 Å². The van der Waals surface area contributed by atoms with Crippen LogP contribution < -0.4 is 15.8 Å². The molecule has 0 saturated heterocycles. The van der Waals surface area contributed by atoms with Gasteiger partial charge in [0.1, 0.15) is 11.6 Å². The molecule has 0 atom stereocenters. The van der Waals surface area contributed by atoms with Gasteiger partial charge in [0.15, 0.2) is 0 Å². The van der Waals surface area contributed by atoms with Gasteiger partial charge in [-0.15, -0.1) is 0 Å². The summed E-state index contributed by atoms with van der Waals surface area (Å²) >= 11 is 0. The average molecular weight is 292 g/mol. The standard InChI is InChI=1S/C14H20N4O3/c1-21-12-5-3-2-4-11(12)16-14(19)18(10-6-7-10)9-8-13(15)17-20/h2-5,10,20H,6-9H2,1H3,(H2,15,17)(H,16,19). The molecule has 21 heavy (non-hydrogen) atoms. The number of nitrogens with zero attached hydrogens (tertiary/aromatic N) is 2. The van der Waals surface area contributed by atoms with E-state index in [0.29, 0.717) is 24.4 Å². The SMILES string of the molecule is COc1ccccc1NC(=O)N(CCC(N)=NO)C1CC1. The lowest BCUT2D eigenvalue weighted by Crippen LogP contribution is -2.39. The van der Waals surface area contributed by atoms with Crippen LogP contribution >= 0.6 is 0 Å². The molecule has 1 aromatic rings. The number of amidine groups is 1. The van der Waals surface area contributed by atoms with Gasteiger partial charge >= 0.3 is 6.03 Å². The molecule has 7 heteroatoms. The summed E-state index contributed by atoms with van der Waals surface area (Å²) in [6, 6.07) is 7.26. The minimum atomic E-state index is -0.201. The number of anilines is 1. The van der Waals surface area contributed by atoms with E-state index < -0.39 is 0 Å². The van der Waals surface area contributed by atoms with Gasteiger partial charge in [0.25, 0.3) is 0 Å². The van der Waals surface area contributed by atoms with Crippen LogP contribution in [0.25, 0.3) is 0 Å². The number of rotatable bonds is 6. The van der Waals surface area contributed by atoms with E-state index in [2.05, 4.69) is 10.5 Å². The van der Waals surface area contributed by atoms with Crippen LogP contribution in [0.5, 0.6) is 5.75 Å². The van der Waals surface area contributed by atoms with Crippen molar-refractivity contribution in [3.8, 4) is 5.75 Å². The van der Waals surface area contributed by atoms with Crippen molar-refractivity contribution in [1.82, 2.24) is 4.90 Å². The van der Waals surface area contributed by atoms with E-state index in [0.717, 1.165) is 12.8 Å². The highest BCUT2D eigenvalue weighted by Gasteiger charge is 2.32. The zero-order valence-electron chi connectivity index (χ0n) is 12.0. The van der Waals surface area contributed by atoms with Crippen molar-refractivity contribution in [3.05, 3.63) is 24.3 Å². The minimum absolute atomic E-state index is 0.116. The van der Waals surface area contributed by atoms with E-state index in [1.165, 1.54) is 0 Å². The van der Waals surface area contributed by atoms with Crippen LogP contribution in [0.3, 0.4) is 0 Å². The second-order valence-corrected chi connectivity index (χ2v) is 4.90. The van der Waals surface area contributed by atoms with Gasteiger partial charge in [-0.25, -0.2) is 4.79 Å². The van der Waals surface area contributed by atoms with Crippen molar-refractivity contribution < 1.29 is 14.7 Å². The number of hydrogen-bond acceptors (Lipinski definition) is 4. The van der Waals surface area contributed by atoms with E-state index in [1.807, 2.05) is 12.1 Å². The Morgan fingerprint density at radius 3 is 2.86 bits per heavy atom. The number of carbonyl (C=O) groups is 1. The lowest BCUT2D eigenvalue weighted by Gasteiger charge is -2.23. The maximum Gasteiger partial charge on any atom is 0.322 e. The first-order valence-corrected chi connectivity index (χ1v) is 6.82. The third kappa shape index (κ3) is 4.01. The summed E-state index contributed by atoms with van der Waals surface area (Å²) in [7, 11) is 1.56. The number of nitrogens with two attached hydrogens (primary N) is 1. The zero-order valence-corrected chi connectivity index (χ0v) is 12.0. The Balaban J connectivity index is 2.01. The molecule has 0 bridgehead atoms. The second kappa shape index (κ2) is 6.83. The number of oxime groups is 1. The Morgan fingerprint density at radius 2 is 2.24 bits per heavy atom. The Kier molecular flexibility index (Phi) is 4.86. The van der Waals surface area contributed by atoms with Crippen LogP contribution in [0.2, 0.25) is 0 Å². The predicted octanol–water partition coefficient (Wildman–Crippen LogP) is 1.83. The highest BCUT2D eigenvalue weighted by atomic mass is 16.5. The van der Waals surface area contributed by atoms with Gasteiger partial charge in [-0.3, -0.25) is 0 Å². The van der Waals surface area contributed by atoms with Crippen molar-refractivity contribution >= 4 is 17.6 Å². The molecular formula is C14H20N4O3. The van der Waals surface area contributed by atoms with E-state index in [-0.39, 0.29) is 17.9 Å². The summed E-state index contributed by atoms with van der Waals surface area (Å²) in [5.74, 6) is 0.726. The third-order valence-electron chi connectivity index (χ3n) is 3.33. The topological polar surface area (TPSA) is 100 Å². The quantitative estimate of drug-likeness (QED) is 0.322. The van der Waals surface area contributed by atoms with Gasteiger partial charge in [0.2, 0.25) is 0 Å². The second-order valence-electron chi connectivity index (χ2n) is 4.90. The molecular weight excluding hydrogens is 272 g/mol. The first-order chi connectivity index (χ1) is 10.2. The Hall–Kier alpha value is -2.44. The van der Waals surface area contributed by atoms with Crippen LogP contribution in [-0.4, -0.2) is 41.7 Å². The average Bonchev–Trinajstić information content (AvgIpc) is 3.32. The number of carbonyl (C=O) groups excluding carboxylic acids is 1. The molecule has 114 valence electrons. The number of benzene rings is 1. The number of urea groups is 1. The lowest BCUT2D eigenvalue weighted by molar-refractivity contribution is 0.210. The number of para-hydroxylation sites is 2. The minimum Gasteiger partial charge on any atom is -0.495 e. The fourth-order valence-electron chi connectivity index (χ4n) is 2.06. The number of nitrogens with one attached hydrogen (secondary N) is 1. The van der Waals surface area contributed by atoms with Crippen LogP contribution in [0, 0.1) is 0 Å². The lowest BCUT2D eigenvalue weighted by atomic mass is 10.3. The molecule has 4 N–H and O–H groups in total. The molecule has 0 spiro atoms. The van der Waals surface area contributed by atoms with E-state index in [9.17, 15) is 4.79 Å². The molecule has 1 fully saturated rings. The molecule has 2 rings (SSSR count). The van der Waals surface area contributed by atoms with Gasteiger partial charge in [-0.2, -0.15) is 0 Å². The maximum atomic E-state index is 12.4. The summed E-state index contributed by atoms with van der Waals surface area (Å²) < 4.78 is 5.21. The van der Waals surface area contributed by atoms with Crippen LogP contribution in [0.15, 0.2) is 29.4 Å². The van der Waals surface area contributed by atoms with Crippen molar-refractivity contribution in [2.24, 2.45) is 10.9 Å². The smallest absolute Gasteiger partial charge is 0.322 e. The Bertz CT molecular complexity index is 529. The van der Waals surface area contributed by atoms with Crippen molar-refractivity contribution in [2.75, 3.05) is 19.0 Å². The first kappa shape index (κ1) is 15.0. The van der Waals surface area contributed by atoms with E-state index in [4.69, 9.17) is 15.7 Å². The van der Waals surface area contributed by atoms with Crippen molar-refractivity contribution in [1.29, 1.82) is 0 Å². The van der Waals surface area contributed by atoms with Crippen molar-refractivity contribution in [3.63, 3.8) is 0 Å². The molecule has 0 aliphatic heterocycles. The van der Waals surface area contributed by atoms with Gasteiger partial charge in [0, 0.05) is 19.0 Å². The normalized spacial score (nSPS) is 14.6. The highest BCUT2D eigenvalue weighted by Crippen LogP contribution is 2.29. The van der Waals surface area contributed by atoms with Gasteiger partial charge in [-0.05, 0) is 25.0 Å². The number of hydrogen-bond donors (Lipinski definition) is 3. The van der Waals surface area contributed by atoms with Crippen molar-refractivity contribution in [2.45, 2.75) is 25.3 Å². The Labute approximate surface area is 123 Å². The zero-order chi connectivity index (χ0) is 15.2. The molecule has 1 aromatic carbocycles. The monoisotopic (exact) mass is 292 g/mol. The third-order valence-corrected chi connectivity index (χ3v) is 3.33. The highest BCUT2D eigenvalue weighted by molar-refractivity contribution is 5.91. The van der Waals surface area contributed by atoms with E-state index >= 15 is 0 Å².